The summed E-state index contributed by atoms with van der Waals surface area (Å²) in [6.07, 6.45) is 6.93. The minimum atomic E-state index is -0.149. The van der Waals surface area contributed by atoms with Gasteiger partial charge in [-0.25, -0.2) is 0 Å². The zero-order valence-electron chi connectivity index (χ0n) is 23.8. The number of benzene rings is 3. The maximum absolute atomic E-state index is 13.0. The molecule has 0 heterocycles. The van der Waals surface area contributed by atoms with Crippen LogP contribution in [0.2, 0.25) is 0 Å². The normalized spacial score (nSPS) is 12.7. The summed E-state index contributed by atoms with van der Waals surface area (Å²) in [6, 6.07) is 20.9. The number of aryl methyl sites for hydroxylation is 1. The number of carbonyl (C=O) groups excluding carboxylic acids is 3. The third-order valence-electron chi connectivity index (χ3n) is 6.29. The average Bonchev–Trinajstić information content (AvgIpc) is 2.98. The first kappa shape index (κ1) is 29.8. The number of ether oxygens (including phenoxy) is 2. The van der Waals surface area contributed by atoms with Crippen LogP contribution in [-0.4, -0.2) is 24.5 Å². The van der Waals surface area contributed by atoms with E-state index in [2.05, 4.69) is 0 Å². The van der Waals surface area contributed by atoms with E-state index in [1.165, 1.54) is 0 Å². The van der Waals surface area contributed by atoms with E-state index < -0.39 is 0 Å². The van der Waals surface area contributed by atoms with E-state index in [4.69, 9.17) is 9.47 Å². The van der Waals surface area contributed by atoms with E-state index in [1.807, 2.05) is 26.0 Å². The topological polar surface area (TPSA) is 69.7 Å². The molecule has 3 aromatic carbocycles. The maximum atomic E-state index is 13.0. The van der Waals surface area contributed by atoms with Crippen molar-refractivity contribution < 1.29 is 23.9 Å². The molecule has 5 heteroatoms. The van der Waals surface area contributed by atoms with Crippen molar-refractivity contribution in [2.75, 3.05) is 7.11 Å². The number of carbonyl (C=O) groups is 3. The number of hydrogen-bond acceptors (Lipinski definition) is 5. The molecule has 0 N–H and O–H groups in total. The first-order valence-electron chi connectivity index (χ1n) is 12.9. The third kappa shape index (κ3) is 8.11. The van der Waals surface area contributed by atoms with Gasteiger partial charge in [0.1, 0.15) is 11.5 Å². The number of hydrogen-bond donors (Lipinski definition) is 0. The van der Waals surface area contributed by atoms with Gasteiger partial charge >= 0.3 is 0 Å². The van der Waals surface area contributed by atoms with Crippen LogP contribution in [0.1, 0.15) is 65.1 Å². The van der Waals surface area contributed by atoms with Crippen molar-refractivity contribution in [1.29, 1.82) is 0 Å². The van der Waals surface area contributed by atoms with Gasteiger partial charge in [-0.2, -0.15) is 0 Å². The zero-order chi connectivity index (χ0) is 29.2. The van der Waals surface area contributed by atoms with Crippen LogP contribution in [0.4, 0.5) is 0 Å². The fourth-order valence-electron chi connectivity index (χ4n) is 3.72. The lowest BCUT2D eigenvalue weighted by Gasteiger charge is -2.07. The summed E-state index contributed by atoms with van der Waals surface area (Å²) < 4.78 is 10.9. The highest BCUT2D eigenvalue weighted by molar-refractivity contribution is 6.11. The van der Waals surface area contributed by atoms with Crippen molar-refractivity contribution in [2.24, 2.45) is 0 Å². The van der Waals surface area contributed by atoms with Gasteiger partial charge in [0.05, 0.1) is 12.9 Å². The number of rotatable bonds is 11. The fourth-order valence-corrected chi connectivity index (χ4v) is 3.72. The van der Waals surface area contributed by atoms with Gasteiger partial charge in [-0.1, -0.05) is 66.2 Å². The van der Waals surface area contributed by atoms with Crippen LogP contribution in [0, 0.1) is 6.92 Å². The van der Waals surface area contributed by atoms with Crippen LogP contribution in [-0.2, 0) is 9.53 Å². The number of methoxy groups -OCH3 is 1. The van der Waals surface area contributed by atoms with E-state index >= 15 is 0 Å². The van der Waals surface area contributed by atoms with E-state index in [1.54, 1.807) is 113 Å². The van der Waals surface area contributed by atoms with E-state index in [0.717, 1.165) is 5.56 Å². The van der Waals surface area contributed by atoms with Crippen LogP contribution >= 0.6 is 0 Å². The number of ketones is 3. The Kier molecular flexibility index (Phi) is 10.3. The largest absolute Gasteiger partial charge is 0.501 e. The minimum absolute atomic E-state index is 0.0698. The molecule has 204 valence electrons. The Morgan fingerprint density at radius 2 is 0.925 bits per heavy atom. The molecule has 0 atom stereocenters. The van der Waals surface area contributed by atoms with Crippen LogP contribution in [0.15, 0.2) is 120 Å². The monoisotopic (exact) mass is 534 g/mol. The fraction of sp³-hybridized carbons (Fsp3) is 0.171. The first-order chi connectivity index (χ1) is 19.1. The summed E-state index contributed by atoms with van der Waals surface area (Å²) in [5, 5.41) is 0. The summed E-state index contributed by atoms with van der Waals surface area (Å²) >= 11 is 0. The molecule has 0 radical (unpaired) electrons. The highest BCUT2D eigenvalue weighted by Crippen LogP contribution is 2.19. The predicted octanol–water partition coefficient (Wildman–Crippen LogP) is 7.75. The molecule has 0 saturated heterocycles. The second-order valence-corrected chi connectivity index (χ2v) is 9.52. The van der Waals surface area contributed by atoms with Gasteiger partial charge in [0.2, 0.25) is 0 Å². The molecule has 5 nitrogen and oxygen atoms in total. The summed E-state index contributed by atoms with van der Waals surface area (Å²) in [5.74, 6) is 1.58. The molecule has 0 aromatic heterocycles. The quantitative estimate of drug-likeness (QED) is 0.109. The Hall–Kier alpha value is -4.77. The number of Topliss-reactive ketones (excluding diaryl/α,β-unsaturated/α-hetero) is 1. The van der Waals surface area contributed by atoms with Gasteiger partial charge in [-0.05, 0) is 82.2 Å². The van der Waals surface area contributed by atoms with Crippen molar-refractivity contribution in [2.45, 2.75) is 34.6 Å². The standard InChI is InChI=1S/C35H34O5/c1-23-7-13-28(14-8-23)34(37)29-15-17-30(18-16-29)35(38)31-19-21-32(22-20-31)40-27(5)12-10-25(3)33(36)24(2)9-11-26(4)39-6/h7-22H,1-6H3/b24-9+,25-10+,26-11+,27-12+. The van der Waals surface area contributed by atoms with Gasteiger partial charge < -0.3 is 9.47 Å². The molecule has 0 unspecified atom stereocenters. The van der Waals surface area contributed by atoms with Gasteiger partial charge in [0.25, 0.3) is 0 Å². The molecule has 40 heavy (non-hydrogen) atoms. The Balaban J connectivity index is 1.63. The SMILES string of the molecule is CO/C(C)=C/C=C(\C)C(=O)/C(C)=C/C=C(\C)Oc1ccc(C(=O)c2ccc(C(=O)c3ccc(C)cc3)cc2)cc1. The van der Waals surface area contributed by atoms with E-state index in [0.29, 0.717) is 50.7 Å². The number of allylic oxidation sites excluding steroid dienone is 8. The smallest absolute Gasteiger partial charge is 0.193 e. The van der Waals surface area contributed by atoms with Crippen molar-refractivity contribution in [1.82, 2.24) is 0 Å². The highest BCUT2D eigenvalue weighted by atomic mass is 16.5. The predicted molar refractivity (Wildman–Crippen MR) is 159 cm³/mol. The van der Waals surface area contributed by atoms with Crippen LogP contribution < -0.4 is 4.74 Å². The van der Waals surface area contributed by atoms with Gasteiger partial charge in [0.15, 0.2) is 17.3 Å². The zero-order valence-corrected chi connectivity index (χ0v) is 23.8. The maximum Gasteiger partial charge on any atom is 0.193 e. The lowest BCUT2D eigenvalue weighted by atomic mass is 9.98. The molecular formula is C35H34O5. The molecule has 0 aliphatic carbocycles. The molecule has 0 saturated carbocycles. The Labute approximate surface area is 236 Å². The summed E-state index contributed by atoms with van der Waals surface area (Å²) in [7, 11) is 1.58. The van der Waals surface area contributed by atoms with Gasteiger partial charge in [-0.15, -0.1) is 0 Å². The molecule has 0 amide bonds. The molecular weight excluding hydrogens is 500 g/mol. The van der Waals surface area contributed by atoms with Crippen LogP contribution in [0.25, 0.3) is 0 Å². The Bertz CT molecular complexity index is 1500. The van der Waals surface area contributed by atoms with Crippen molar-refractivity contribution in [3.63, 3.8) is 0 Å². The van der Waals surface area contributed by atoms with E-state index in [9.17, 15) is 14.4 Å². The minimum Gasteiger partial charge on any atom is -0.501 e. The molecule has 0 aliphatic rings. The van der Waals surface area contributed by atoms with Crippen molar-refractivity contribution in [3.8, 4) is 5.75 Å². The summed E-state index contributed by atoms with van der Waals surface area (Å²) in [6.45, 7) is 9.09. The molecule has 0 spiro atoms. The molecule has 0 fully saturated rings. The average molecular weight is 535 g/mol. The second kappa shape index (κ2) is 13.9. The molecule has 0 aliphatic heterocycles. The first-order valence-corrected chi connectivity index (χ1v) is 12.9. The van der Waals surface area contributed by atoms with Crippen LogP contribution in [0.3, 0.4) is 0 Å². The van der Waals surface area contributed by atoms with Gasteiger partial charge in [0, 0.05) is 22.3 Å². The summed E-state index contributed by atoms with van der Waals surface area (Å²) in [5.41, 5.74) is 4.41. The lowest BCUT2D eigenvalue weighted by Crippen LogP contribution is -2.04. The summed E-state index contributed by atoms with van der Waals surface area (Å²) in [4.78, 5) is 38.2. The van der Waals surface area contributed by atoms with Crippen molar-refractivity contribution >= 4 is 17.3 Å². The van der Waals surface area contributed by atoms with Gasteiger partial charge in [-0.3, -0.25) is 14.4 Å². The van der Waals surface area contributed by atoms with E-state index in [-0.39, 0.29) is 17.3 Å². The van der Waals surface area contributed by atoms with Crippen molar-refractivity contribution in [3.05, 3.63) is 148 Å². The third-order valence-corrected chi connectivity index (χ3v) is 6.29. The molecule has 0 bridgehead atoms. The lowest BCUT2D eigenvalue weighted by molar-refractivity contribution is -0.112. The highest BCUT2D eigenvalue weighted by Gasteiger charge is 2.13. The second-order valence-electron chi connectivity index (χ2n) is 9.52. The Morgan fingerprint density at radius 3 is 1.35 bits per heavy atom. The molecule has 3 rings (SSSR count). The Morgan fingerprint density at radius 1 is 0.550 bits per heavy atom. The van der Waals surface area contributed by atoms with Crippen LogP contribution in [0.5, 0.6) is 5.75 Å². The molecule has 3 aromatic rings.